The summed E-state index contributed by atoms with van der Waals surface area (Å²) in [5.74, 6) is -5.09. The number of carboxylic acids is 1. The van der Waals surface area contributed by atoms with E-state index in [9.17, 15) is 18.0 Å². The highest BCUT2D eigenvalue weighted by molar-refractivity contribution is 5.83. The molecule has 0 aliphatic rings. The Balaban J connectivity index is 2.52. The monoisotopic (exact) mass is 286 g/mol. The minimum atomic E-state index is -4.57. The molecule has 0 unspecified atom stereocenters. The molecule has 0 bridgehead atoms. The summed E-state index contributed by atoms with van der Waals surface area (Å²) < 4.78 is 39.9. The average molecular weight is 286 g/mol. The number of alkyl halides is 3. The van der Waals surface area contributed by atoms with E-state index in [1.807, 2.05) is 0 Å². The molecule has 2 aromatic rings. The van der Waals surface area contributed by atoms with Crippen molar-refractivity contribution < 1.29 is 23.1 Å². The number of rotatable bonds is 3. The number of carboxylic acid groups (broad SMARTS) is 1. The standard InChI is InChI=1S/C13H13F3N2O2/c1-7(13(14,15)16)11(12(19)20)8-3-4-9-6-17-18(2)10(9)5-8/h3-7,11H,1-2H3,(H,19,20)/t7-,11-/m1/s1. The minimum Gasteiger partial charge on any atom is -0.481 e. The molecule has 0 fully saturated rings. The van der Waals surface area contributed by atoms with Crippen molar-refractivity contribution >= 4 is 16.9 Å². The van der Waals surface area contributed by atoms with Gasteiger partial charge >= 0.3 is 12.1 Å². The normalized spacial score (nSPS) is 15.2. The zero-order valence-electron chi connectivity index (χ0n) is 10.8. The highest BCUT2D eigenvalue weighted by Crippen LogP contribution is 2.38. The van der Waals surface area contributed by atoms with Crippen molar-refractivity contribution in [2.45, 2.75) is 19.0 Å². The fourth-order valence-corrected chi connectivity index (χ4v) is 2.19. The number of nitrogens with zero attached hydrogens (tertiary/aromatic N) is 2. The maximum absolute atomic E-state index is 12.8. The SMILES string of the molecule is C[C@H]([C@@H](C(=O)O)c1ccc2cnn(C)c2c1)C(F)(F)F. The first-order valence-electron chi connectivity index (χ1n) is 5.93. The Morgan fingerprint density at radius 1 is 1.40 bits per heavy atom. The summed E-state index contributed by atoms with van der Waals surface area (Å²) in [6.07, 6.45) is -2.99. The van der Waals surface area contributed by atoms with Gasteiger partial charge in [-0.15, -0.1) is 0 Å². The molecule has 0 amide bonds. The van der Waals surface area contributed by atoms with Gasteiger partial charge in [0.1, 0.15) is 0 Å². The largest absolute Gasteiger partial charge is 0.481 e. The summed E-state index contributed by atoms with van der Waals surface area (Å²) in [7, 11) is 1.65. The molecule has 0 radical (unpaired) electrons. The summed E-state index contributed by atoms with van der Waals surface area (Å²) in [4.78, 5) is 11.2. The topological polar surface area (TPSA) is 55.1 Å². The predicted molar refractivity (Wildman–Crippen MR) is 66.3 cm³/mol. The van der Waals surface area contributed by atoms with Gasteiger partial charge in [0.25, 0.3) is 0 Å². The van der Waals surface area contributed by atoms with Crippen LogP contribution in [-0.2, 0) is 11.8 Å². The zero-order valence-corrected chi connectivity index (χ0v) is 10.8. The van der Waals surface area contributed by atoms with Crippen LogP contribution >= 0.6 is 0 Å². The van der Waals surface area contributed by atoms with Crippen LogP contribution in [0.5, 0.6) is 0 Å². The van der Waals surface area contributed by atoms with Gasteiger partial charge in [-0.3, -0.25) is 9.48 Å². The van der Waals surface area contributed by atoms with Gasteiger partial charge in [-0.2, -0.15) is 18.3 Å². The van der Waals surface area contributed by atoms with Crippen LogP contribution in [0.25, 0.3) is 10.9 Å². The molecule has 108 valence electrons. The molecule has 0 saturated heterocycles. The molecule has 1 N–H and O–H groups in total. The number of carbonyl (C=O) groups is 1. The zero-order chi connectivity index (χ0) is 15.1. The highest BCUT2D eigenvalue weighted by atomic mass is 19.4. The van der Waals surface area contributed by atoms with Crippen molar-refractivity contribution in [1.29, 1.82) is 0 Å². The summed E-state index contributed by atoms with van der Waals surface area (Å²) in [5, 5.41) is 13.9. The number of halogens is 3. The van der Waals surface area contributed by atoms with E-state index in [0.717, 1.165) is 12.3 Å². The van der Waals surface area contributed by atoms with E-state index in [-0.39, 0.29) is 5.56 Å². The Morgan fingerprint density at radius 2 is 2.05 bits per heavy atom. The molecule has 2 rings (SSSR count). The molecular weight excluding hydrogens is 273 g/mol. The van der Waals surface area contributed by atoms with Gasteiger partial charge < -0.3 is 5.11 Å². The smallest absolute Gasteiger partial charge is 0.392 e. The van der Waals surface area contributed by atoms with Crippen LogP contribution in [0.15, 0.2) is 24.4 Å². The lowest BCUT2D eigenvalue weighted by molar-refractivity contribution is -0.183. The summed E-state index contributed by atoms with van der Waals surface area (Å²) in [6.45, 7) is 0.881. The third kappa shape index (κ3) is 2.48. The lowest BCUT2D eigenvalue weighted by Gasteiger charge is -2.23. The third-order valence-electron chi connectivity index (χ3n) is 3.41. The highest BCUT2D eigenvalue weighted by Gasteiger charge is 2.45. The Labute approximate surface area is 112 Å². The van der Waals surface area contributed by atoms with Gasteiger partial charge in [-0.25, -0.2) is 0 Å². The van der Waals surface area contributed by atoms with E-state index in [1.165, 1.54) is 16.8 Å². The van der Waals surface area contributed by atoms with E-state index >= 15 is 0 Å². The Morgan fingerprint density at radius 3 is 2.60 bits per heavy atom. The van der Waals surface area contributed by atoms with Gasteiger partial charge in [-0.1, -0.05) is 19.1 Å². The van der Waals surface area contributed by atoms with Gasteiger partial charge in [0.2, 0.25) is 0 Å². The second kappa shape index (κ2) is 4.81. The second-order valence-corrected chi connectivity index (χ2v) is 4.73. The van der Waals surface area contributed by atoms with Crippen molar-refractivity contribution in [2.75, 3.05) is 0 Å². The maximum atomic E-state index is 12.8. The van der Waals surface area contributed by atoms with Crippen LogP contribution in [-0.4, -0.2) is 27.0 Å². The molecule has 1 heterocycles. The van der Waals surface area contributed by atoms with Crippen LogP contribution in [0.4, 0.5) is 13.2 Å². The molecule has 0 saturated carbocycles. The maximum Gasteiger partial charge on any atom is 0.392 e. The van der Waals surface area contributed by atoms with Crippen molar-refractivity contribution in [1.82, 2.24) is 9.78 Å². The molecule has 2 atom stereocenters. The number of aliphatic carboxylic acids is 1. The molecule has 0 aliphatic carbocycles. The van der Waals surface area contributed by atoms with Crippen molar-refractivity contribution in [3.8, 4) is 0 Å². The van der Waals surface area contributed by atoms with E-state index in [2.05, 4.69) is 5.10 Å². The van der Waals surface area contributed by atoms with Gasteiger partial charge in [0.05, 0.1) is 23.5 Å². The van der Waals surface area contributed by atoms with E-state index in [4.69, 9.17) is 5.11 Å². The van der Waals surface area contributed by atoms with E-state index in [1.54, 1.807) is 19.3 Å². The van der Waals surface area contributed by atoms with Crippen molar-refractivity contribution in [2.24, 2.45) is 13.0 Å². The fourth-order valence-electron chi connectivity index (χ4n) is 2.19. The second-order valence-electron chi connectivity index (χ2n) is 4.73. The van der Waals surface area contributed by atoms with E-state index in [0.29, 0.717) is 5.52 Å². The third-order valence-corrected chi connectivity index (χ3v) is 3.41. The molecule has 7 heteroatoms. The predicted octanol–water partition coefficient (Wildman–Crippen LogP) is 2.94. The van der Waals surface area contributed by atoms with Crippen LogP contribution in [0.1, 0.15) is 18.4 Å². The number of aromatic nitrogens is 2. The molecule has 4 nitrogen and oxygen atoms in total. The molecule has 20 heavy (non-hydrogen) atoms. The quantitative estimate of drug-likeness (QED) is 0.943. The molecule has 1 aromatic heterocycles. The number of fused-ring (bicyclic) bond motifs is 1. The number of hydrogen-bond donors (Lipinski definition) is 1. The van der Waals surface area contributed by atoms with Gasteiger partial charge in [-0.05, 0) is 11.6 Å². The van der Waals surface area contributed by atoms with Crippen LogP contribution in [0, 0.1) is 5.92 Å². The summed E-state index contributed by atoms with van der Waals surface area (Å²) in [5.41, 5.74) is 0.724. The van der Waals surface area contributed by atoms with Crippen LogP contribution in [0.2, 0.25) is 0 Å². The number of hydrogen-bond acceptors (Lipinski definition) is 2. The first-order valence-corrected chi connectivity index (χ1v) is 5.93. The molecule has 0 spiro atoms. The first kappa shape index (κ1) is 14.4. The lowest BCUT2D eigenvalue weighted by Crippen LogP contribution is -2.31. The molecule has 1 aromatic carbocycles. The van der Waals surface area contributed by atoms with Crippen LogP contribution < -0.4 is 0 Å². The van der Waals surface area contributed by atoms with Crippen LogP contribution in [0.3, 0.4) is 0 Å². The minimum absolute atomic E-state index is 0.124. The number of aryl methyl sites for hydroxylation is 1. The Kier molecular flexibility index (Phi) is 3.45. The first-order chi connectivity index (χ1) is 9.21. The van der Waals surface area contributed by atoms with Crippen molar-refractivity contribution in [3.63, 3.8) is 0 Å². The lowest BCUT2D eigenvalue weighted by atomic mass is 9.86. The van der Waals surface area contributed by atoms with Gasteiger partial charge in [0, 0.05) is 12.4 Å². The molecular formula is C13H13F3N2O2. The Bertz CT molecular complexity index is 649. The average Bonchev–Trinajstić information content (AvgIpc) is 2.70. The summed E-state index contributed by atoms with van der Waals surface area (Å²) >= 11 is 0. The van der Waals surface area contributed by atoms with Gasteiger partial charge in [0.15, 0.2) is 0 Å². The van der Waals surface area contributed by atoms with Crippen molar-refractivity contribution in [3.05, 3.63) is 30.0 Å². The fraction of sp³-hybridized carbons (Fsp3) is 0.385. The Hall–Kier alpha value is -2.05. The number of benzene rings is 1. The molecule has 0 aliphatic heterocycles. The summed E-state index contributed by atoms with van der Waals surface area (Å²) in [6, 6.07) is 4.44. The van der Waals surface area contributed by atoms with E-state index < -0.39 is 24.0 Å².